The van der Waals surface area contributed by atoms with Gasteiger partial charge in [0.15, 0.2) is 0 Å². The highest BCUT2D eigenvalue weighted by molar-refractivity contribution is 7.99. The van der Waals surface area contributed by atoms with E-state index in [4.69, 9.17) is 0 Å². The number of carbonyl (C=O) groups is 1. The molecular weight excluding hydrogens is 254 g/mol. The van der Waals surface area contributed by atoms with Gasteiger partial charge in [-0.15, -0.1) is 5.10 Å². The van der Waals surface area contributed by atoms with Crippen LogP contribution < -0.4 is 0 Å². The molecule has 2 heterocycles. The second-order valence-corrected chi connectivity index (χ2v) is 5.65. The molecule has 1 saturated carbocycles. The number of nitrogens with zero attached hydrogens (tertiary/aromatic N) is 5. The van der Waals surface area contributed by atoms with Crippen molar-refractivity contribution in [1.29, 1.82) is 0 Å². The Kier molecular flexibility index (Phi) is 3.21. The number of likely N-dealkylation sites (tertiary alicyclic amines) is 1. The van der Waals surface area contributed by atoms with Crippen LogP contribution in [-0.2, 0) is 4.79 Å². The van der Waals surface area contributed by atoms with Crippen molar-refractivity contribution >= 4 is 17.7 Å². The van der Waals surface area contributed by atoms with Gasteiger partial charge in [0, 0.05) is 13.1 Å². The van der Waals surface area contributed by atoms with E-state index in [2.05, 4.69) is 15.5 Å². The molecule has 1 atom stereocenters. The first-order valence-electron chi connectivity index (χ1n) is 6.10. The number of aliphatic hydroxyl groups is 1. The van der Waals surface area contributed by atoms with Gasteiger partial charge in [-0.05, 0) is 29.7 Å². The standard InChI is InChI=1S/C10H15N5O2S/c16-8-3-4-14(5-8)9(17)6-18-10-11-12-13-15(10)7-1-2-7/h7-8,16H,1-6H2. The quantitative estimate of drug-likeness (QED) is 0.755. The Morgan fingerprint density at radius 1 is 1.44 bits per heavy atom. The molecule has 3 rings (SSSR count). The minimum atomic E-state index is -0.365. The third-order valence-corrected chi connectivity index (χ3v) is 4.11. The number of rotatable bonds is 4. The molecule has 98 valence electrons. The van der Waals surface area contributed by atoms with Crippen molar-refractivity contribution in [3.05, 3.63) is 0 Å². The Balaban J connectivity index is 1.54. The summed E-state index contributed by atoms with van der Waals surface area (Å²) in [5.41, 5.74) is 0. The Morgan fingerprint density at radius 3 is 2.94 bits per heavy atom. The lowest BCUT2D eigenvalue weighted by molar-refractivity contribution is -0.127. The van der Waals surface area contributed by atoms with Gasteiger partial charge in [0.05, 0.1) is 17.9 Å². The van der Waals surface area contributed by atoms with Crippen LogP contribution in [0.4, 0.5) is 0 Å². The number of thioether (sulfide) groups is 1. The SMILES string of the molecule is O=C(CSc1nnnn1C1CC1)N1CCC(O)C1. The van der Waals surface area contributed by atoms with E-state index < -0.39 is 0 Å². The van der Waals surface area contributed by atoms with Crippen LogP contribution >= 0.6 is 11.8 Å². The maximum Gasteiger partial charge on any atom is 0.233 e. The van der Waals surface area contributed by atoms with E-state index in [1.807, 2.05) is 0 Å². The molecule has 1 aromatic heterocycles. The summed E-state index contributed by atoms with van der Waals surface area (Å²) in [5.74, 6) is 0.377. The van der Waals surface area contributed by atoms with Gasteiger partial charge < -0.3 is 10.0 Å². The zero-order valence-corrected chi connectivity index (χ0v) is 10.7. The summed E-state index contributed by atoms with van der Waals surface area (Å²) in [6.07, 6.45) is 2.54. The molecule has 1 aromatic rings. The van der Waals surface area contributed by atoms with Crippen molar-refractivity contribution in [3.8, 4) is 0 Å². The first-order chi connectivity index (χ1) is 8.74. The molecule has 1 aliphatic carbocycles. The molecule has 2 aliphatic rings. The average Bonchev–Trinajstić information content (AvgIpc) is 2.94. The Bertz CT molecular complexity index is 447. The highest BCUT2D eigenvalue weighted by atomic mass is 32.2. The zero-order chi connectivity index (χ0) is 12.5. The van der Waals surface area contributed by atoms with Crippen molar-refractivity contribution in [2.24, 2.45) is 0 Å². The van der Waals surface area contributed by atoms with Gasteiger partial charge in [0.2, 0.25) is 11.1 Å². The fourth-order valence-electron chi connectivity index (χ4n) is 2.01. The predicted molar refractivity (Wildman–Crippen MR) is 64.0 cm³/mol. The van der Waals surface area contributed by atoms with Crippen molar-refractivity contribution in [1.82, 2.24) is 25.1 Å². The van der Waals surface area contributed by atoms with E-state index in [0.29, 0.717) is 36.5 Å². The summed E-state index contributed by atoms with van der Waals surface area (Å²) in [6, 6.07) is 0.422. The fraction of sp³-hybridized carbons (Fsp3) is 0.800. The molecule has 1 unspecified atom stereocenters. The van der Waals surface area contributed by atoms with Crippen LogP contribution in [0.3, 0.4) is 0 Å². The largest absolute Gasteiger partial charge is 0.391 e. The number of hydrogen-bond acceptors (Lipinski definition) is 6. The van der Waals surface area contributed by atoms with Crippen LogP contribution in [0.1, 0.15) is 25.3 Å². The number of aromatic nitrogens is 4. The van der Waals surface area contributed by atoms with Crippen LogP contribution in [-0.4, -0.2) is 61.1 Å². The van der Waals surface area contributed by atoms with Crippen molar-refractivity contribution in [3.63, 3.8) is 0 Å². The molecule has 0 radical (unpaired) electrons. The maximum absolute atomic E-state index is 11.9. The highest BCUT2D eigenvalue weighted by Gasteiger charge is 2.29. The first kappa shape index (κ1) is 11.9. The van der Waals surface area contributed by atoms with E-state index in [9.17, 15) is 9.90 Å². The monoisotopic (exact) mass is 269 g/mol. The fourth-order valence-corrected chi connectivity index (χ4v) is 2.86. The molecule has 0 spiro atoms. The molecule has 0 bridgehead atoms. The molecule has 1 amide bonds. The molecular formula is C10H15N5O2S. The molecule has 0 aromatic carbocycles. The van der Waals surface area contributed by atoms with Gasteiger partial charge in [-0.3, -0.25) is 4.79 Å². The van der Waals surface area contributed by atoms with Gasteiger partial charge in [-0.2, -0.15) is 0 Å². The normalized spacial score (nSPS) is 23.6. The molecule has 1 aliphatic heterocycles. The van der Waals surface area contributed by atoms with E-state index in [1.54, 1.807) is 9.58 Å². The third kappa shape index (κ3) is 2.49. The average molecular weight is 269 g/mol. The van der Waals surface area contributed by atoms with Crippen LogP contribution in [0.15, 0.2) is 5.16 Å². The molecule has 18 heavy (non-hydrogen) atoms. The lowest BCUT2D eigenvalue weighted by Crippen LogP contribution is -2.31. The predicted octanol–water partition coefficient (Wildman–Crippen LogP) is -0.307. The number of aliphatic hydroxyl groups excluding tert-OH is 1. The summed E-state index contributed by atoms with van der Waals surface area (Å²) in [5, 5.41) is 21.6. The number of tetrazole rings is 1. The molecule has 8 heteroatoms. The van der Waals surface area contributed by atoms with Gasteiger partial charge in [0.25, 0.3) is 0 Å². The third-order valence-electron chi connectivity index (χ3n) is 3.20. The smallest absolute Gasteiger partial charge is 0.233 e. The molecule has 1 saturated heterocycles. The van der Waals surface area contributed by atoms with Crippen molar-refractivity contribution in [2.45, 2.75) is 36.6 Å². The maximum atomic E-state index is 11.9. The molecule has 1 N–H and O–H groups in total. The number of hydrogen-bond donors (Lipinski definition) is 1. The summed E-state index contributed by atoms with van der Waals surface area (Å²) in [6.45, 7) is 1.10. The Morgan fingerprint density at radius 2 is 2.28 bits per heavy atom. The van der Waals surface area contributed by atoms with Crippen molar-refractivity contribution in [2.75, 3.05) is 18.8 Å². The minimum absolute atomic E-state index is 0.0434. The summed E-state index contributed by atoms with van der Waals surface area (Å²) >= 11 is 1.37. The van der Waals surface area contributed by atoms with E-state index in [0.717, 1.165) is 12.8 Å². The summed E-state index contributed by atoms with van der Waals surface area (Å²) < 4.78 is 1.80. The van der Waals surface area contributed by atoms with Crippen LogP contribution in [0, 0.1) is 0 Å². The second-order valence-electron chi connectivity index (χ2n) is 4.71. The summed E-state index contributed by atoms with van der Waals surface area (Å²) in [4.78, 5) is 13.6. The van der Waals surface area contributed by atoms with Crippen LogP contribution in [0.5, 0.6) is 0 Å². The van der Waals surface area contributed by atoms with Gasteiger partial charge >= 0.3 is 0 Å². The number of carbonyl (C=O) groups excluding carboxylic acids is 1. The Hall–Kier alpha value is -1.15. The van der Waals surface area contributed by atoms with Gasteiger partial charge in [-0.25, -0.2) is 4.68 Å². The van der Waals surface area contributed by atoms with E-state index in [-0.39, 0.29) is 12.0 Å². The van der Waals surface area contributed by atoms with Crippen LogP contribution in [0.25, 0.3) is 0 Å². The zero-order valence-electron chi connectivity index (χ0n) is 9.90. The second kappa shape index (κ2) is 4.85. The first-order valence-corrected chi connectivity index (χ1v) is 7.09. The molecule has 7 nitrogen and oxygen atoms in total. The van der Waals surface area contributed by atoms with Gasteiger partial charge in [0.1, 0.15) is 0 Å². The lowest BCUT2D eigenvalue weighted by Gasteiger charge is -2.14. The van der Waals surface area contributed by atoms with Crippen molar-refractivity contribution < 1.29 is 9.90 Å². The molecule has 2 fully saturated rings. The number of amides is 1. The van der Waals surface area contributed by atoms with Crippen LogP contribution in [0.2, 0.25) is 0 Å². The van der Waals surface area contributed by atoms with E-state index >= 15 is 0 Å². The van der Waals surface area contributed by atoms with E-state index in [1.165, 1.54) is 11.8 Å². The Labute approximate surface area is 109 Å². The summed E-state index contributed by atoms with van der Waals surface area (Å²) in [7, 11) is 0. The topological polar surface area (TPSA) is 84.1 Å². The lowest BCUT2D eigenvalue weighted by atomic mass is 10.3. The van der Waals surface area contributed by atoms with Gasteiger partial charge in [-0.1, -0.05) is 11.8 Å². The number of β-amino-alcohol motifs (C(OH)–C–C–N with tert-alkyl or cyclic N) is 1. The highest BCUT2D eigenvalue weighted by Crippen LogP contribution is 2.36. The minimum Gasteiger partial charge on any atom is -0.391 e.